The third-order valence-electron chi connectivity index (χ3n) is 3.68. The van der Waals surface area contributed by atoms with Crippen LogP contribution in [-0.2, 0) is 4.74 Å². The first kappa shape index (κ1) is 19.2. The Morgan fingerprint density at radius 1 is 1.15 bits per heavy atom. The first-order valence-electron chi connectivity index (χ1n) is 8.13. The number of esters is 1. The van der Waals surface area contributed by atoms with Crippen LogP contribution in [-0.4, -0.2) is 25.7 Å². The number of para-hydroxylation sites is 1. The number of benzene rings is 2. The molecule has 6 nitrogen and oxygen atoms in total. The molecule has 0 spiro atoms. The van der Waals surface area contributed by atoms with Crippen LogP contribution in [0, 0.1) is 0 Å². The number of urea groups is 1. The standard InChI is InChI=1S/C19H17BrN2O4S/c1-3-26-16-12-10-11(8-9-15(12)27-17(16)18(23)25-2)21-19(24)22-14-7-5-4-6-13(14)20/h4-10H,3H2,1-2H3,(H2,21,22,24). The molecular weight excluding hydrogens is 432 g/mol. The molecule has 140 valence electrons. The molecule has 8 heteroatoms. The Morgan fingerprint density at radius 3 is 2.63 bits per heavy atom. The second-order valence-corrected chi connectivity index (χ2v) is 7.36. The van der Waals surface area contributed by atoms with Gasteiger partial charge in [-0.1, -0.05) is 12.1 Å². The number of rotatable bonds is 5. The molecule has 0 radical (unpaired) electrons. The second-order valence-electron chi connectivity index (χ2n) is 5.45. The van der Waals surface area contributed by atoms with Gasteiger partial charge in [0, 0.05) is 20.2 Å². The van der Waals surface area contributed by atoms with Gasteiger partial charge in [-0.25, -0.2) is 9.59 Å². The van der Waals surface area contributed by atoms with Crippen LogP contribution in [0.2, 0.25) is 0 Å². The summed E-state index contributed by atoms with van der Waals surface area (Å²) in [6.45, 7) is 2.26. The fourth-order valence-corrected chi connectivity index (χ4v) is 3.94. The molecule has 0 aliphatic heterocycles. The van der Waals surface area contributed by atoms with Crippen LogP contribution < -0.4 is 15.4 Å². The molecule has 0 saturated heterocycles. The molecule has 0 bridgehead atoms. The van der Waals surface area contributed by atoms with Gasteiger partial charge in [-0.3, -0.25) is 0 Å². The largest absolute Gasteiger partial charge is 0.491 e. The zero-order valence-corrected chi connectivity index (χ0v) is 17.1. The average Bonchev–Trinajstić information content (AvgIpc) is 3.01. The van der Waals surface area contributed by atoms with Crippen LogP contribution >= 0.6 is 27.3 Å². The van der Waals surface area contributed by atoms with Crippen LogP contribution in [0.5, 0.6) is 5.75 Å². The van der Waals surface area contributed by atoms with Crippen molar-refractivity contribution in [3.63, 3.8) is 0 Å². The van der Waals surface area contributed by atoms with Crippen LogP contribution in [0.3, 0.4) is 0 Å². The quantitative estimate of drug-likeness (QED) is 0.505. The van der Waals surface area contributed by atoms with E-state index in [1.54, 1.807) is 18.2 Å². The van der Waals surface area contributed by atoms with E-state index in [1.165, 1.54) is 18.4 Å². The summed E-state index contributed by atoms with van der Waals surface area (Å²) in [5, 5.41) is 6.32. The lowest BCUT2D eigenvalue weighted by atomic mass is 10.2. The number of thiophene rings is 1. The monoisotopic (exact) mass is 448 g/mol. The van der Waals surface area contributed by atoms with Gasteiger partial charge in [-0.05, 0) is 53.2 Å². The number of fused-ring (bicyclic) bond motifs is 1. The van der Waals surface area contributed by atoms with Crippen molar-refractivity contribution in [3.8, 4) is 5.75 Å². The highest BCUT2D eigenvalue weighted by Crippen LogP contribution is 2.39. The van der Waals surface area contributed by atoms with E-state index in [4.69, 9.17) is 9.47 Å². The molecule has 0 atom stereocenters. The number of amides is 2. The number of nitrogens with one attached hydrogen (secondary N) is 2. The summed E-state index contributed by atoms with van der Waals surface area (Å²) in [7, 11) is 1.33. The van der Waals surface area contributed by atoms with E-state index in [1.807, 2.05) is 31.2 Å². The summed E-state index contributed by atoms with van der Waals surface area (Å²) in [5.41, 5.74) is 1.25. The average molecular weight is 449 g/mol. The zero-order valence-electron chi connectivity index (χ0n) is 14.7. The Labute approximate surface area is 168 Å². The summed E-state index contributed by atoms with van der Waals surface area (Å²) in [4.78, 5) is 24.7. The number of methoxy groups -OCH3 is 1. The van der Waals surface area contributed by atoms with Gasteiger partial charge in [0.15, 0.2) is 10.6 Å². The van der Waals surface area contributed by atoms with Gasteiger partial charge in [0.05, 0.1) is 19.4 Å². The Balaban J connectivity index is 1.87. The van der Waals surface area contributed by atoms with E-state index in [-0.39, 0.29) is 6.03 Å². The topological polar surface area (TPSA) is 76.7 Å². The van der Waals surface area contributed by atoms with E-state index in [2.05, 4.69) is 26.6 Å². The van der Waals surface area contributed by atoms with Gasteiger partial charge in [-0.15, -0.1) is 11.3 Å². The van der Waals surface area contributed by atoms with E-state index in [0.717, 1.165) is 14.6 Å². The Kier molecular flexibility index (Phi) is 5.98. The molecule has 2 amide bonds. The Bertz CT molecular complexity index is 1000. The van der Waals surface area contributed by atoms with Crippen molar-refractivity contribution in [1.29, 1.82) is 0 Å². The zero-order chi connectivity index (χ0) is 19.4. The van der Waals surface area contributed by atoms with Crippen LogP contribution in [0.25, 0.3) is 10.1 Å². The van der Waals surface area contributed by atoms with Crippen molar-refractivity contribution in [2.24, 2.45) is 0 Å². The third-order valence-corrected chi connectivity index (χ3v) is 5.51. The number of hydrogen-bond donors (Lipinski definition) is 2. The van der Waals surface area contributed by atoms with Crippen LogP contribution in [0.4, 0.5) is 16.2 Å². The van der Waals surface area contributed by atoms with E-state index in [0.29, 0.717) is 28.6 Å². The molecule has 0 aliphatic carbocycles. The van der Waals surface area contributed by atoms with E-state index >= 15 is 0 Å². The van der Waals surface area contributed by atoms with E-state index < -0.39 is 5.97 Å². The van der Waals surface area contributed by atoms with Crippen molar-refractivity contribution in [2.75, 3.05) is 24.4 Å². The molecule has 0 saturated carbocycles. The third kappa shape index (κ3) is 4.23. The minimum atomic E-state index is -0.444. The number of carbonyl (C=O) groups is 2. The lowest BCUT2D eigenvalue weighted by molar-refractivity contribution is 0.0602. The number of halogens is 1. The van der Waals surface area contributed by atoms with Crippen molar-refractivity contribution in [3.05, 3.63) is 51.8 Å². The smallest absolute Gasteiger partial charge is 0.351 e. The summed E-state index contributed by atoms with van der Waals surface area (Å²) < 4.78 is 12.1. The number of anilines is 2. The lowest BCUT2D eigenvalue weighted by Crippen LogP contribution is -2.19. The highest BCUT2D eigenvalue weighted by molar-refractivity contribution is 9.10. The van der Waals surface area contributed by atoms with Gasteiger partial charge < -0.3 is 20.1 Å². The molecule has 3 rings (SSSR count). The second kappa shape index (κ2) is 8.41. The van der Waals surface area contributed by atoms with Gasteiger partial charge in [0.1, 0.15) is 0 Å². The SMILES string of the molecule is CCOc1c(C(=O)OC)sc2ccc(NC(=O)Nc3ccccc3Br)cc12. The molecule has 0 aliphatic rings. The summed E-state index contributed by atoms with van der Waals surface area (Å²) >= 11 is 4.69. The molecule has 27 heavy (non-hydrogen) atoms. The summed E-state index contributed by atoms with van der Waals surface area (Å²) in [6, 6.07) is 12.4. The summed E-state index contributed by atoms with van der Waals surface area (Å²) in [6.07, 6.45) is 0. The predicted octanol–water partition coefficient (Wildman–Crippen LogP) is 5.49. The maximum absolute atomic E-state index is 12.3. The van der Waals surface area contributed by atoms with Gasteiger partial charge >= 0.3 is 12.0 Å². The molecule has 0 fully saturated rings. The Hall–Kier alpha value is -2.58. The van der Waals surface area contributed by atoms with Crippen molar-refractivity contribution in [2.45, 2.75) is 6.92 Å². The number of ether oxygens (including phenoxy) is 2. The lowest BCUT2D eigenvalue weighted by Gasteiger charge is -2.09. The fraction of sp³-hybridized carbons (Fsp3) is 0.158. The normalized spacial score (nSPS) is 10.5. The number of hydrogen-bond acceptors (Lipinski definition) is 5. The van der Waals surface area contributed by atoms with Gasteiger partial charge in [0.2, 0.25) is 0 Å². The minimum absolute atomic E-state index is 0.373. The molecule has 2 N–H and O–H groups in total. The maximum atomic E-state index is 12.3. The first-order valence-corrected chi connectivity index (χ1v) is 9.74. The van der Waals surface area contributed by atoms with Gasteiger partial charge in [-0.2, -0.15) is 0 Å². The molecular formula is C19H17BrN2O4S. The fourth-order valence-electron chi connectivity index (χ4n) is 2.51. The highest BCUT2D eigenvalue weighted by Gasteiger charge is 2.21. The maximum Gasteiger partial charge on any atom is 0.351 e. The van der Waals surface area contributed by atoms with Crippen molar-refractivity contribution in [1.82, 2.24) is 0 Å². The molecule has 1 heterocycles. The number of carbonyl (C=O) groups excluding carboxylic acids is 2. The highest BCUT2D eigenvalue weighted by atomic mass is 79.9. The minimum Gasteiger partial charge on any atom is -0.491 e. The molecule has 1 aromatic heterocycles. The van der Waals surface area contributed by atoms with Crippen LogP contribution in [0.15, 0.2) is 46.9 Å². The molecule has 0 unspecified atom stereocenters. The summed E-state index contributed by atoms with van der Waals surface area (Å²) in [5.74, 6) is 0.0278. The Morgan fingerprint density at radius 2 is 1.93 bits per heavy atom. The predicted molar refractivity (Wildman–Crippen MR) is 111 cm³/mol. The van der Waals surface area contributed by atoms with Crippen molar-refractivity contribution >= 4 is 60.7 Å². The van der Waals surface area contributed by atoms with Gasteiger partial charge in [0.25, 0.3) is 0 Å². The first-order chi connectivity index (χ1) is 13.0. The van der Waals surface area contributed by atoms with E-state index in [9.17, 15) is 9.59 Å². The molecule has 3 aromatic rings. The molecule has 2 aromatic carbocycles. The van der Waals surface area contributed by atoms with Crippen molar-refractivity contribution < 1.29 is 19.1 Å². The van der Waals surface area contributed by atoms with Crippen LogP contribution in [0.1, 0.15) is 16.6 Å².